The van der Waals surface area contributed by atoms with E-state index in [1.54, 1.807) is 24.7 Å². The lowest BCUT2D eigenvalue weighted by Crippen LogP contribution is -2.55. The minimum atomic E-state index is -0.270. The van der Waals surface area contributed by atoms with E-state index in [-0.39, 0.29) is 32.9 Å². The molecule has 0 amide bonds. The Labute approximate surface area is 319 Å². The van der Waals surface area contributed by atoms with Crippen LogP contribution in [-0.2, 0) is 25.7 Å². The molecule has 3 heterocycles. The molecular formula is C48H56N2O4. The molecule has 3 aromatic rings. The van der Waals surface area contributed by atoms with Crippen LogP contribution < -0.4 is 11.3 Å². The first-order valence-corrected chi connectivity index (χ1v) is 21.5. The van der Waals surface area contributed by atoms with Crippen molar-refractivity contribution >= 4 is 11.1 Å². The van der Waals surface area contributed by atoms with Crippen LogP contribution in [0.2, 0.25) is 0 Å². The average Bonchev–Trinajstić information content (AvgIpc) is 3.70. The van der Waals surface area contributed by atoms with Crippen LogP contribution in [0, 0.1) is 69.0 Å². The summed E-state index contributed by atoms with van der Waals surface area (Å²) in [5.74, 6) is 5.60. The highest BCUT2D eigenvalue weighted by molar-refractivity contribution is 5.73. The van der Waals surface area contributed by atoms with Gasteiger partial charge in [-0.2, -0.15) is 0 Å². The Bertz CT molecular complexity index is 2050. The van der Waals surface area contributed by atoms with Gasteiger partial charge in [0.15, 0.2) is 0 Å². The Kier molecular flexibility index (Phi) is 7.20. The highest BCUT2D eigenvalue weighted by atomic mass is 16.4. The third-order valence-corrected chi connectivity index (χ3v) is 18.5. The minimum absolute atomic E-state index is 0.149. The lowest BCUT2D eigenvalue weighted by molar-refractivity contribution is -0.0851. The van der Waals surface area contributed by atoms with E-state index in [1.165, 1.54) is 85.3 Å². The molecule has 6 heteroatoms. The number of rotatable bonds is 2. The molecule has 12 atom stereocenters. The van der Waals surface area contributed by atoms with Crippen molar-refractivity contribution < 1.29 is 8.83 Å². The third-order valence-electron chi connectivity index (χ3n) is 18.5. The minimum Gasteiger partial charge on any atom is -0.431 e. The number of nitrogens with zero attached hydrogens (tertiary/aromatic N) is 2. The van der Waals surface area contributed by atoms with Crippen LogP contribution in [0.3, 0.4) is 0 Å². The molecule has 54 heavy (non-hydrogen) atoms. The van der Waals surface area contributed by atoms with E-state index in [1.807, 2.05) is 12.1 Å². The van der Waals surface area contributed by atoms with Crippen molar-refractivity contribution in [3.63, 3.8) is 0 Å². The van der Waals surface area contributed by atoms with Gasteiger partial charge in [-0.1, -0.05) is 39.8 Å². The fraction of sp³-hybridized carbons (Fsp3) is 0.625. The van der Waals surface area contributed by atoms with Gasteiger partial charge in [-0.05, 0) is 182 Å². The smallest absolute Gasteiger partial charge is 0.335 e. The van der Waals surface area contributed by atoms with Crippen LogP contribution in [-0.4, -0.2) is 9.97 Å². The van der Waals surface area contributed by atoms with Gasteiger partial charge in [0.25, 0.3) is 0 Å². The summed E-state index contributed by atoms with van der Waals surface area (Å²) in [6.45, 7) is 10.3. The van der Waals surface area contributed by atoms with E-state index >= 15 is 0 Å². The molecule has 4 fully saturated rings. The molecular weight excluding hydrogens is 669 g/mol. The molecule has 0 aromatic carbocycles. The van der Waals surface area contributed by atoms with Gasteiger partial charge in [0, 0.05) is 23.3 Å². The van der Waals surface area contributed by atoms with Gasteiger partial charge in [-0.15, -0.1) is 0 Å². The summed E-state index contributed by atoms with van der Waals surface area (Å²) >= 11 is 0. The summed E-state index contributed by atoms with van der Waals surface area (Å²) in [6, 6.07) is 7.12. The van der Waals surface area contributed by atoms with Gasteiger partial charge in [-0.3, -0.25) is 9.97 Å². The van der Waals surface area contributed by atoms with Crippen molar-refractivity contribution in [3.05, 3.63) is 104 Å². The van der Waals surface area contributed by atoms with Crippen molar-refractivity contribution in [1.82, 2.24) is 9.97 Å². The zero-order chi connectivity index (χ0) is 36.8. The molecule has 0 saturated heterocycles. The van der Waals surface area contributed by atoms with Gasteiger partial charge in [0.2, 0.25) is 0 Å². The first-order chi connectivity index (χ1) is 26.0. The topological polar surface area (TPSA) is 86.2 Å². The van der Waals surface area contributed by atoms with Gasteiger partial charge in [-0.25, -0.2) is 9.59 Å². The molecule has 8 aliphatic rings. The fourth-order valence-electron chi connectivity index (χ4n) is 15.7. The monoisotopic (exact) mass is 724 g/mol. The first kappa shape index (κ1) is 33.8. The van der Waals surface area contributed by atoms with Crippen LogP contribution in [0.4, 0.5) is 0 Å². The molecule has 0 unspecified atom stereocenters. The standard InChI is InChI=1S/C48H56N2O4/c1-45-19-17-37-31(35(45)13-11-33(45)27-5-15-43(51)53-25-27)9-7-29-21-39-41(23-47(29,37)3)49-40-22-30-8-10-32-36-14-12-34(28-6-16-44(52)54-26-28)46(36,2)20-18-38(32)48(30,4)24-42(40)50-39/h5-6,11-12,15-16,25-26,29-32,35-38H,7-10,13-14,17-24H2,1-4H3/t29-,30-,31-,32-,35+,36+,37-,38-,45+,46+,47-,48-/m0/s1. The van der Waals surface area contributed by atoms with Crippen molar-refractivity contribution in [2.75, 3.05) is 0 Å². The number of hydrogen-bond donors (Lipinski definition) is 0. The van der Waals surface area contributed by atoms with Gasteiger partial charge in [0.05, 0.1) is 22.8 Å². The van der Waals surface area contributed by atoms with E-state index in [0.29, 0.717) is 23.7 Å². The molecule has 0 bridgehead atoms. The van der Waals surface area contributed by atoms with Crippen LogP contribution in [0.5, 0.6) is 0 Å². The number of fused-ring (bicyclic) bond motifs is 12. The Morgan fingerprint density at radius 2 is 1.00 bits per heavy atom. The summed E-state index contributed by atoms with van der Waals surface area (Å²) in [6.07, 6.45) is 25.2. The number of allylic oxidation sites excluding steroid dienone is 4. The Hall–Kier alpha value is -3.54. The van der Waals surface area contributed by atoms with Crippen LogP contribution in [0.25, 0.3) is 11.1 Å². The number of hydrogen-bond acceptors (Lipinski definition) is 6. The van der Waals surface area contributed by atoms with Crippen molar-refractivity contribution in [1.29, 1.82) is 0 Å². The molecule has 6 nitrogen and oxygen atoms in total. The second-order valence-electron chi connectivity index (χ2n) is 20.4. The van der Waals surface area contributed by atoms with E-state index in [4.69, 9.17) is 18.8 Å². The molecule has 11 rings (SSSR count). The molecule has 282 valence electrons. The van der Waals surface area contributed by atoms with Gasteiger partial charge in [0.1, 0.15) is 12.5 Å². The highest BCUT2D eigenvalue weighted by Gasteiger charge is 2.61. The molecule has 0 radical (unpaired) electrons. The van der Waals surface area contributed by atoms with Crippen LogP contribution >= 0.6 is 0 Å². The zero-order valence-corrected chi connectivity index (χ0v) is 32.7. The van der Waals surface area contributed by atoms with Gasteiger partial charge >= 0.3 is 11.3 Å². The van der Waals surface area contributed by atoms with E-state index in [9.17, 15) is 9.59 Å². The molecule has 0 N–H and O–H groups in total. The maximum absolute atomic E-state index is 11.7. The normalized spacial score (nSPS) is 42.8. The molecule has 4 saturated carbocycles. The first-order valence-electron chi connectivity index (χ1n) is 21.5. The lowest BCUT2D eigenvalue weighted by Gasteiger charge is -2.60. The quantitative estimate of drug-likeness (QED) is 0.262. The second-order valence-corrected chi connectivity index (χ2v) is 20.4. The Morgan fingerprint density at radius 3 is 1.41 bits per heavy atom. The Morgan fingerprint density at radius 1 is 0.556 bits per heavy atom. The van der Waals surface area contributed by atoms with Crippen molar-refractivity contribution in [2.45, 2.75) is 118 Å². The molecule has 0 spiro atoms. The highest BCUT2D eigenvalue weighted by Crippen LogP contribution is 2.69. The second kappa shape index (κ2) is 11.5. The SMILES string of the molecule is C[C@]12Cc3nc4c(nc3C[C@@H]1CC[C@H]1[C@H]3CC=C(c5ccc(=O)oc5)[C@@]3(C)CC[C@@H]12)C[C@@]1(C)[C@@H](CC[C@H]2[C@H]3CC=C(c5ccc(=O)oc5)[C@@]3(C)CC[C@@H]21)C4. The van der Waals surface area contributed by atoms with E-state index in [2.05, 4.69) is 39.8 Å². The predicted octanol–water partition coefficient (Wildman–Crippen LogP) is 9.68. The van der Waals surface area contributed by atoms with E-state index < -0.39 is 0 Å². The van der Waals surface area contributed by atoms with E-state index in [0.717, 1.165) is 73.3 Å². The van der Waals surface area contributed by atoms with Crippen molar-refractivity contribution in [2.24, 2.45) is 69.0 Å². The van der Waals surface area contributed by atoms with Crippen molar-refractivity contribution in [3.8, 4) is 0 Å². The summed E-state index contributed by atoms with van der Waals surface area (Å²) < 4.78 is 10.7. The Balaban J connectivity index is 0.838. The molecule has 3 aromatic heterocycles. The zero-order valence-electron chi connectivity index (χ0n) is 32.7. The van der Waals surface area contributed by atoms with Crippen LogP contribution in [0.1, 0.15) is 126 Å². The predicted molar refractivity (Wildman–Crippen MR) is 209 cm³/mol. The molecule has 8 aliphatic carbocycles. The average molecular weight is 725 g/mol. The summed E-state index contributed by atoms with van der Waals surface area (Å²) in [7, 11) is 0. The number of aromatic nitrogens is 2. The largest absolute Gasteiger partial charge is 0.431 e. The maximum Gasteiger partial charge on any atom is 0.335 e. The maximum atomic E-state index is 11.7. The summed E-state index contributed by atoms with van der Waals surface area (Å²) in [4.78, 5) is 34.8. The van der Waals surface area contributed by atoms with Crippen LogP contribution in [0.15, 0.2) is 67.4 Å². The summed E-state index contributed by atoms with van der Waals surface area (Å²) in [5.41, 5.74) is 10.6. The third kappa shape index (κ3) is 4.58. The molecule has 0 aliphatic heterocycles. The van der Waals surface area contributed by atoms with Gasteiger partial charge < -0.3 is 8.83 Å². The lowest BCUT2D eigenvalue weighted by atomic mass is 9.44. The fourth-order valence-corrected chi connectivity index (χ4v) is 15.7. The summed E-state index contributed by atoms with van der Waals surface area (Å²) in [5, 5.41) is 0.